The summed E-state index contributed by atoms with van der Waals surface area (Å²) >= 11 is 1.93. The molecule has 1 heterocycles. The van der Waals surface area contributed by atoms with Gasteiger partial charge in [0.2, 0.25) is 0 Å². The summed E-state index contributed by atoms with van der Waals surface area (Å²) in [6.45, 7) is 9.50. The molecule has 0 fully saturated rings. The molecule has 0 saturated heterocycles. The first-order chi connectivity index (χ1) is 27.3. The highest BCUT2D eigenvalue weighted by Gasteiger charge is 2.38. The zero-order valence-corrected chi connectivity index (χ0v) is 32.9. The number of nitrogens with zero attached hydrogens (tertiary/aromatic N) is 1. The van der Waals surface area contributed by atoms with Gasteiger partial charge in [0.15, 0.2) is 0 Å². The molecule has 1 aromatic heterocycles. The van der Waals surface area contributed by atoms with Crippen LogP contribution in [0.4, 0.5) is 17.1 Å². The normalized spacial score (nSPS) is 14.4. The Morgan fingerprint density at radius 3 is 1.70 bits per heavy atom. The summed E-state index contributed by atoms with van der Waals surface area (Å²) in [5.74, 6) is 0. The van der Waals surface area contributed by atoms with Gasteiger partial charge >= 0.3 is 0 Å². The van der Waals surface area contributed by atoms with Crippen molar-refractivity contribution in [3.05, 3.63) is 198 Å². The number of hydrogen-bond donors (Lipinski definition) is 0. The van der Waals surface area contributed by atoms with E-state index in [-0.39, 0.29) is 10.8 Å². The van der Waals surface area contributed by atoms with Crippen molar-refractivity contribution in [2.45, 2.75) is 38.5 Å². The molecule has 11 rings (SSSR count). The molecule has 0 aliphatic heterocycles. The minimum atomic E-state index is -0.140. The van der Waals surface area contributed by atoms with Crippen molar-refractivity contribution in [3.63, 3.8) is 0 Å². The van der Waals surface area contributed by atoms with Crippen LogP contribution in [0.2, 0.25) is 0 Å². The molecular formula is C54H41NS. The minimum absolute atomic E-state index is 0.0334. The average Bonchev–Trinajstić information content (AvgIpc) is 3.81. The molecule has 0 bridgehead atoms. The number of thiophene rings is 1. The fourth-order valence-corrected chi connectivity index (χ4v) is 11.0. The summed E-state index contributed by atoms with van der Waals surface area (Å²) < 4.78 is 2.74. The fourth-order valence-electron chi connectivity index (χ4n) is 9.70. The molecule has 56 heavy (non-hydrogen) atoms. The number of fused-ring (bicyclic) bond motifs is 10. The summed E-state index contributed by atoms with van der Waals surface area (Å²) in [6, 6.07) is 65.5. The lowest BCUT2D eigenvalue weighted by Gasteiger charge is -2.28. The topological polar surface area (TPSA) is 3.24 Å². The van der Waals surface area contributed by atoms with Gasteiger partial charge in [-0.1, -0.05) is 155 Å². The Morgan fingerprint density at radius 2 is 0.929 bits per heavy atom. The van der Waals surface area contributed by atoms with Gasteiger partial charge in [-0.05, 0) is 110 Å². The lowest BCUT2D eigenvalue weighted by Crippen LogP contribution is -2.16. The molecule has 0 unspecified atom stereocenters. The van der Waals surface area contributed by atoms with Crippen LogP contribution in [-0.4, -0.2) is 0 Å². The molecule has 0 saturated carbocycles. The maximum atomic E-state index is 2.45. The lowest BCUT2D eigenvalue weighted by molar-refractivity contribution is 0.660. The first-order valence-corrected chi connectivity index (χ1v) is 20.5. The third-order valence-electron chi connectivity index (χ3n) is 12.7. The zero-order chi connectivity index (χ0) is 37.8. The molecule has 2 aliphatic carbocycles. The van der Waals surface area contributed by atoms with E-state index in [1.807, 2.05) is 11.3 Å². The first kappa shape index (κ1) is 33.1. The molecule has 8 aromatic carbocycles. The van der Waals surface area contributed by atoms with Crippen LogP contribution in [0.3, 0.4) is 0 Å². The Bertz CT molecular complexity index is 3000. The highest BCUT2D eigenvalue weighted by atomic mass is 32.1. The van der Waals surface area contributed by atoms with E-state index in [9.17, 15) is 0 Å². The van der Waals surface area contributed by atoms with Crippen LogP contribution in [0.15, 0.2) is 176 Å². The Balaban J connectivity index is 1.02. The summed E-state index contributed by atoms with van der Waals surface area (Å²) in [5.41, 5.74) is 19.2. The van der Waals surface area contributed by atoms with Crippen molar-refractivity contribution in [1.82, 2.24) is 0 Å². The summed E-state index contributed by atoms with van der Waals surface area (Å²) in [7, 11) is 0. The van der Waals surface area contributed by atoms with Crippen molar-refractivity contribution in [3.8, 4) is 44.5 Å². The van der Waals surface area contributed by atoms with Gasteiger partial charge in [-0.25, -0.2) is 0 Å². The van der Waals surface area contributed by atoms with Crippen LogP contribution in [0, 0.1) is 0 Å². The summed E-state index contributed by atoms with van der Waals surface area (Å²) in [4.78, 5) is 2.43. The largest absolute Gasteiger partial charge is 0.310 e. The predicted octanol–water partition coefficient (Wildman–Crippen LogP) is 15.5. The Morgan fingerprint density at radius 1 is 0.375 bits per heavy atom. The van der Waals surface area contributed by atoms with Gasteiger partial charge in [-0.15, -0.1) is 11.3 Å². The molecule has 268 valence electrons. The van der Waals surface area contributed by atoms with Gasteiger partial charge in [0.05, 0.1) is 0 Å². The molecule has 0 spiro atoms. The molecular weight excluding hydrogens is 695 g/mol. The summed E-state index contributed by atoms with van der Waals surface area (Å²) in [6.07, 6.45) is 0. The van der Waals surface area contributed by atoms with Crippen LogP contribution in [0.5, 0.6) is 0 Å². The van der Waals surface area contributed by atoms with Gasteiger partial charge < -0.3 is 4.90 Å². The monoisotopic (exact) mass is 735 g/mol. The Kier molecular flexibility index (Phi) is 7.18. The first-order valence-electron chi connectivity index (χ1n) is 19.7. The second kappa shape index (κ2) is 12.1. The van der Waals surface area contributed by atoms with E-state index in [4.69, 9.17) is 0 Å². The standard InChI is InChI=1S/C54H41NS/c1-53(2)46-16-10-8-14-41(46)42-28-22-37(32-48(42)53)36-20-25-39(26-21-36)55(38-23-18-35(19-24-38)34-12-6-5-7-13-34)40-27-29-45-49(33-40)54(3,4)47-31-30-44-43-15-9-11-17-50(43)56-52(44)51(45)47/h5-33H,1-4H3. The van der Waals surface area contributed by atoms with Crippen LogP contribution < -0.4 is 4.90 Å². The van der Waals surface area contributed by atoms with E-state index < -0.39 is 0 Å². The van der Waals surface area contributed by atoms with Crippen molar-refractivity contribution in [1.29, 1.82) is 0 Å². The van der Waals surface area contributed by atoms with Crippen molar-refractivity contribution in [2.75, 3.05) is 4.90 Å². The van der Waals surface area contributed by atoms with Crippen molar-refractivity contribution >= 4 is 48.6 Å². The molecule has 2 aliphatic rings. The average molecular weight is 736 g/mol. The predicted molar refractivity (Wildman–Crippen MR) is 240 cm³/mol. The Labute approximate surface area is 333 Å². The number of hydrogen-bond acceptors (Lipinski definition) is 2. The summed E-state index contributed by atoms with van der Waals surface area (Å²) in [5, 5.41) is 2.70. The van der Waals surface area contributed by atoms with E-state index in [1.54, 1.807) is 0 Å². The molecule has 0 amide bonds. The quantitative estimate of drug-likeness (QED) is 0.170. The van der Waals surface area contributed by atoms with Crippen LogP contribution in [-0.2, 0) is 10.8 Å². The second-order valence-corrected chi connectivity index (χ2v) is 17.6. The lowest BCUT2D eigenvalue weighted by atomic mass is 9.81. The third kappa shape index (κ3) is 4.85. The molecule has 0 N–H and O–H groups in total. The van der Waals surface area contributed by atoms with E-state index in [0.717, 1.165) is 17.1 Å². The molecule has 0 radical (unpaired) electrons. The number of anilines is 3. The maximum Gasteiger partial charge on any atom is 0.0465 e. The van der Waals surface area contributed by atoms with Crippen LogP contribution in [0.1, 0.15) is 49.9 Å². The Hall–Kier alpha value is -6.22. The van der Waals surface area contributed by atoms with Crippen LogP contribution in [0.25, 0.3) is 64.7 Å². The van der Waals surface area contributed by atoms with E-state index in [2.05, 4.69) is 209 Å². The highest BCUT2D eigenvalue weighted by Crippen LogP contribution is 2.55. The smallest absolute Gasteiger partial charge is 0.0465 e. The van der Waals surface area contributed by atoms with E-state index in [1.165, 1.54) is 86.9 Å². The van der Waals surface area contributed by atoms with Crippen molar-refractivity contribution < 1.29 is 0 Å². The molecule has 9 aromatic rings. The minimum Gasteiger partial charge on any atom is -0.310 e. The van der Waals surface area contributed by atoms with Gasteiger partial charge in [0, 0.05) is 53.6 Å². The highest BCUT2D eigenvalue weighted by molar-refractivity contribution is 7.26. The fraction of sp³-hybridized carbons (Fsp3) is 0.111. The van der Waals surface area contributed by atoms with E-state index >= 15 is 0 Å². The molecule has 2 heteroatoms. The SMILES string of the molecule is CC1(C)c2ccccc2-c2ccc(-c3ccc(N(c4ccc(-c5ccccc5)cc4)c4ccc5c(c4)C(C)(C)c4ccc6c(sc7ccccc76)c4-5)cc3)cc21. The van der Waals surface area contributed by atoms with Crippen molar-refractivity contribution in [2.24, 2.45) is 0 Å². The zero-order valence-electron chi connectivity index (χ0n) is 32.1. The molecule has 0 atom stereocenters. The van der Waals surface area contributed by atoms with E-state index in [0.29, 0.717) is 0 Å². The van der Waals surface area contributed by atoms with Gasteiger partial charge in [-0.3, -0.25) is 0 Å². The van der Waals surface area contributed by atoms with Gasteiger partial charge in [-0.2, -0.15) is 0 Å². The van der Waals surface area contributed by atoms with Crippen LogP contribution >= 0.6 is 11.3 Å². The second-order valence-electron chi connectivity index (χ2n) is 16.5. The number of benzene rings is 8. The third-order valence-corrected chi connectivity index (χ3v) is 13.9. The number of rotatable bonds is 5. The molecule has 1 nitrogen and oxygen atoms in total. The van der Waals surface area contributed by atoms with Gasteiger partial charge in [0.25, 0.3) is 0 Å². The maximum absolute atomic E-state index is 2.45. The van der Waals surface area contributed by atoms with Gasteiger partial charge in [0.1, 0.15) is 0 Å².